The first-order chi connectivity index (χ1) is 23.4. The molecule has 3 atom stereocenters. The minimum atomic E-state index is -1.32. The molecule has 0 fully saturated rings. The number of benzene rings is 2. The molecule has 1 heterocycles. The fraction of sp³-hybridized carbons (Fsp3) is 0.538. The van der Waals surface area contributed by atoms with Crippen molar-refractivity contribution >= 4 is 23.9 Å². The second-order valence-electron chi connectivity index (χ2n) is 13.5. The Bertz CT molecular complexity index is 1330. The number of esters is 1. The zero-order valence-electron chi connectivity index (χ0n) is 30.0. The molecule has 10 heteroatoms. The lowest BCUT2D eigenvalue weighted by atomic mass is 9.96. The van der Waals surface area contributed by atoms with Gasteiger partial charge in [-0.05, 0) is 50.8 Å². The van der Waals surface area contributed by atoms with E-state index in [0.717, 1.165) is 36.8 Å². The quantitative estimate of drug-likeness (QED) is 0.137. The Hall–Kier alpha value is -4.34. The first kappa shape index (κ1) is 39.1. The monoisotopic (exact) mass is 677 g/mol. The third-order valence-electron chi connectivity index (χ3n) is 8.06. The minimum Gasteiger partial charge on any atom is -0.471 e. The summed E-state index contributed by atoms with van der Waals surface area (Å²) in [6, 6.07) is 16.6. The van der Waals surface area contributed by atoms with Crippen molar-refractivity contribution in [3.8, 4) is 0 Å². The van der Waals surface area contributed by atoms with Crippen LogP contribution in [0.3, 0.4) is 0 Å². The number of carbonyl (C=O) groups excluding carboxylic acids is 4. The van der Waals surface area contributed by atoms with Crippen LogP contribution in [0.4, 0.5) is 4.79 Å². The fourth-order valence-electron chi connectivity index (χ4n) is 5.79. The molecule has 1 aliphatic rings. The Morgan fingerprint density at radius 1 is 0.796 bits per heavy atom. The van der Waals surface area contributed by atoms with Gasteiger partial charge in [0, 0.05) is 20.0 Å². The summed E-state index contributed by atoms with van der Waals surface area (Å²) in [5.41, 5.74) is 0.677. The molecule has 3 amide bonds. The minimum absolute atomic E-state index is 0.245. The van der Waals surface area contributed by atoms with Gasteiger partial charge in [-0.25, -0.2) is 9.59 Å². The van der Waals surface area contributed by atoms with Crippen molar-refractivity contribution in [1.29, 1.82) is 0 Å². The molecule has 10 nitrogen and oxygen atoms in total. The average molecular weight is 678 g/mol. The molecule has 268 valence electrons. The van der Waals surface area contributed by atoms with Gasteiger partial charge in [0.1, 0.15) is 5.60 Å². The molecule has 0 saturated heterocycles. The number of nitrogens with one attached hydrogen (secondary N) is 2. The number of rotatable bonds is 17. The second kappa shape index (κ2) is 19.6. The van der Waals surface area contributed by atoms with Crippen LogP contribution in [0.2, 0.25) is 0 Å². The molecule has 0 saturated carbocycles. The third kappa shape index (κ3) is 12.9. The fourth-order valence-corrected chi connectivity index (χ4v) is 5.79. The highest BCUT2D eigenvalue weighted by Gasteiger charge is 2.45. The normalized spacial score (nSPS) is 17.4. The van der Waals surface area contributed by atoms with Gasteiger partial charge >= 0.3 is 12.1 Å². The van der Waals surface area contributed by atoms with Gasteiger partial charge in [-0.15, -0.1) is 0 Å². The Balaban J connectivity index is 1.95. The van der Waals surface area contributed by atoms with Crippen LogP contribution < -0.4 is 10.6 Å². The predicted octanol–water partition coefficient (Wildman–Crippen LogP) is 6.99. The maximum Gasteiger partial charge on any atom is 0.408 e. The Morgan fingerprint density at radius 2 is 1.37 bits per heavy atom. The molecule has 0 bridgehead atoms. The number of ether oxygens (including phenoxy) is 3. The van der Waals surface area contributed by atoms with Crippen molar-refractivity contribution in [1.82, 2.24) is 15.5 Å². The van der Waals surface area contributed by atoms with Crippen molar-refractivity contribution in [2.45, 2.75) is 123 Å². The highest BCUT2D eigenvalue weighted by Crippen LogP contribution is 2.29. The lowest BCUT2D eigenvalue weighted by Gasteiger charge is -2.39. The van der Waals surface area contributed by atoms with Gasteiger partial charge in [0.25, 0.3) is 5.91 Å². The van der Waals surface area contributed by atoms with E-state index in [1.54, 1.807) is 25.7 Å². The third-order valence-corrected chi connectivity index (χ3v) is 8.06. The zero-order valence-corrected chi connectivity index (χ0v) is 30.0. The molecule has 0 unspecified atom stereocenters. The van der Waals surface area contributed by atoms with Crippen LogP contribution in [-0.2, 0) is 28.6 Å². The number of amides is 3. The van der Waals surface area contributed by atoms with Gasteiger partial charge in [0.2, 0.25) is 11.7 Å². The van der Waals surface area contributed by atoms with E-state index in [-0.39, 0.29) is 11.7 Å². The van der Waals surface area contributed by atoms with Crippen LogP contribution in [0.15, 0.2) is 72.5 Å². The Kier molecular flexibility index (Phi) is 15.6. The lowest BCUT2D eigenvalue weighted by Crippen LogP contribution is -2.63. The molecule has 0 spiro atoms. The summed E-state index contributed by atoms with van der Waals surface area (Å²) < 4.78 is 17.8. The summed E-state index contributed by atoms with van der Waals surface area (Å²) in [6.07, 6.45) is 6.88. The number of nitrogens with zero attached hydrogens (tertiary/aromatic N) is 1. The summed E-state index contributed by atoms with van der Waals surface area (Å²) in [7, 11) is 0. The molecule has 49 heavy (non-hydrogen) atoms. The number of hydrogen-bond donors (Lipinski definition) is 2. The molecular weight excluding hydrogens is 622 g/mol. The summed E-state index contributed by atoms with van der Waals surface area (Å²) in [5.74, 6) is -1.88. The van der Waals surface area contributed by atoms with Gasteiger partial charge in [-0.3, -0.25) is 9.59 Å². The maximum absolute atomic E-state index is 14.3. The summed E-state index contributed by atoms with van der Waals surface area (Å²) >= 11 is 0. The number of alkyl carbamates (subject to hydrolysis) is 1. The van der Waals surface area contributed by atoms with Crippen molar-refractivity contribution in [2.24, 2.45) is 0 Å². The molecular formula is C39H55N3O7. The van der Waals surface area contributed by atoms with Crippen molar-refractivity contribution < 1.29 is 33.4 Å². The van der Waals surface area contributed by atoms with E-state index in [1.807, 2.05) is 67.6 Å². The van der Waals surface area contributed by atoms with Crippen LogP contribution in [0.1, 0.15) is 110 Å². The van der Waals surface area contributed by atoms with Crippen LogP contribution in [0.5, 0.6) is 0 Å². The largest absolute Gasteiger partial charge is 0.471 e. The van der Waals surface area contributed by atoms with E-state index < -0.39 is 47.9 Å². The Labute approximate surface area is 291 Å². The molecule has 0 aromatic heterocycles. The van der Waals surface area contributed by atoms with Gasteiger partial charge < -0.3 is 29.7 Å². The molecule has 2 N–H and O–H groups in total. The lowest BCUT2D eigenvalue weighted by molar-refractivity contribution is -0.154. The van der Waals surface area contributed by atoms with Gasteiger partial charge in [0.05, 0.1) is 12.1 Å². The van der Waals surface area contributed by atoms with Crippen LogP contribution >= 0.6 is 0 Å². The standard InChI is InChI=1S/C39H55N3O7/c1-7-9-10-11-12-13-20-26-42(25-8-2)36(44)35-33(40-28(3)43)31(41-38(46)49-39(4,5)6)27-32(47-35)37(45)48-34(29-21-16-14-17-22-29)30-23-18-15-19-24-30/h14-19,21-24,27,31,33-35H,7-13,20,25-26H2,1-6H3,(H,40,43)(H,41,46)/t31-,33+,35+/m0/s1. The summed E-state index contributed by atoms with van der Waals surface area (Å²) in [4.78, 5) is 55.5. The molecule has 3 rings (SSSR count). The van der Waals surface area contributed by atoms with E-state index in [4.69, 9.17) is 14.2 Å². The Morgan fingerprint density at radius 3 is 1.90 bits per heavy atom. The van der Waals surface area contributed by atoms with Crippen LogP contribution in [0, 0.1) is 0 Å². The van der Waals surface area contributed by atoms with E-state index in [9.17, 15) is 19.2 Å². The average Bonchev–Trinajstić information content (AvgIpc) is 3.06. The maximum atomic E-state index is 14.3. The SMILES string of the molecule is CCCCCCCCCN(CCC)C(=O)[C@@H]1OC(C(=O)OC(c2ccccc2)c2ccccc2)=C[C@H](NC(=O)OC(C)(C)C)[C@H]1NC(C)=O. The molecule has 0 aliphatic carbocycles. The first-order valence-electron chi connectivity index (χ1n) is 17.7. The highest BCUT2D eigenvalue weighted by molar-refractivity contribution is 5.90. The molecule has 0 radical (unpaired) electrons. The summed E-state index contributed by atoms with van der Waals surface area (Å²) in [6.45, 7) is 11.7. The van der Waals surface area contributed by atoms with Crippen molar-refractivity contribution in [2.75, 3.05) is 13.1 Å². The highest BCUT2D eigenvalue weighted by atomic mass is 16.6. The summed E-state index contributed by atoms with van der Waals surface area (Å²) in [5, 5.41) is 5.55. The van der Waals surface area contributed by atoms with Crippen molar-refractivity contribution in [3.05, 3.63) is 83.6 Å². The van der Waals surface area contributed by atoms with E-state index >= 15 is 0 Å². The van der Waals surface area contributed by atoms with Crippen molar-refractivity contribution in [3.63, 3.8) is 0 Å². The number of carbonyl (C=O) groups is 4. The molecule has 2 aromatic carbocycles. The predicted molar refractivity (Wildman–Crippen MR) is 189 cm³/mol. The molecule has 1 aliphatic heterocycles. The van der Waals surface area contributed by atoms with E-state index in [0.29, 0.717) is 19.5 Å². The van der Waals surface area contributed by atoms with Gasteiger partial charge in [-0.1, -0.05) is 113 Å². The topological polar surface area (TPSA) is 123 Å². The van der Waals surface area contributed by atoms with Gasteiger partial charge in [-0.2, -0.15) is 0 Å². The van der Waals surface area contributed by atoms with Crippen LogP contribution in [0.25, 0.3) is 0 Å². The van der Waals surface area contributed by atoms with E-state index in [1.165, 1.54) is 32.3 Å². The second-order valence-corrected chi connectivity index (χ2v) is 13.5. The number of unbranched alkanes of at least 4 members (excludes halogenated alkanes) is 6. The smallest absolute Gasteiger partial charge is 0.408 e. The van der Waals surface area contributed by atoms with Gasteiger partial charge in [0.15, 0.2) is 12.2 Å². The molecule has 2 aromatic rings. The first-order valence-corrected chi connectivity index (χ1v) is 17.7. The number of hydrogen-bond acceptors (Lipinski definition) is 7. The van der Waals surface area contributed by atoms with E-state index in [2.05, 4.69) is 17.6 Å². The zero-order chi connectivity index (χ0) is 35.8. The van der Waals surface area contributed by atoms with Crippen LogP contribution in [-0.4, -0.2) is 65.7 Å².